The van der Waals surface area contributed by atoms with E-state index in [1.54, 1.807) is 6.92 Å². The van der Waals surface area contributed by atoms with Crippen LogP contribution in [0.15, 0.2) is 23.1 Å². The molecule has 7 heteroatoms. The zero-order valence-corrected chi connectivity index (χ0v) is 11.0. The summed E-state index contributed by atoms with van der Waals surface area (Å²) in [5.74, 6) is 4.21. The topological polar surface area (TPSA) is 107 Å². The molecule has 102 valence electrons. The van der Waals surface area contributed by atoms with Crippen LogP contribution in [0.25, 0.3) is 0 Å². The lowest BCUT2D eigenvalue weighted by Gasteiger charge is -2.09. The predicted molar refractivity (Wildman–Crippen MR) is 68.3 cm³/mol. The van der Waals surface area contributed by atoms with Crippen molar-refractivity contribution in [2.75, 3.05) is 6.61 Å². The van der Waals surface area contributed by atoms with Crippen LogP contribution in [0.3, 0.4) is 0 Å². The van der Waals surface area contributed by atoms with Crippen LogP contribution in [0.5, 0.6) is 5.75 Å². The molecule has 0 saturated heterocycles. The molecule has 0 fully saturated rings. The van der Waals surface area contributed by atoms with E-state index < -0.39 is 16.0 Å². The highest BCUT2D eigenvalue weighted by molar-refractivity contribution is 7.89. The molecule has 1 aromatic rings. The minimum atomic E-state index is -4.06. The van der Waals surface area contributed by atoms with Crippen LogP contribution in [0.1, 0.15) is 23.7 Å². The average molecular weight is 283 g/mol. The van der Waals surface area contributed by atoms with Gasteiger partial charge in [0.25, 0.3) is 0 Å². The van der Waals surface area contributed by atoms with E-state index in [1.807, 2.05) is 0 Å². The van der Waals surface area contributed by atoms with E-state index in [1.165, 1.54) is 12.1 Å². The Morgan fingerprint density at radius 2 is 2.16 bits per heavy atom. The first kappa shape index (κ1) is 15.0. The molecule has 6 nitrogen and oxygen atoms in total. The highest BCUT2D eigenvalue weighted by atomic mass is 32.2. The van der Waals surface area contributed by atoms with Crippen molar-refractivity contribution in [1.82, 2.24) is 0 Å². The third-order valence-electron chi connectivity index (χ3n) is 2.16. The third kappa shape index (κ3) is 4.28. The predicted octanol–water partition coefficient (Wildman–Crippen LogP) is 0.824. The monoisotopic (exact) mass is 283 g/mol. The van der Waals surface area contributed by atoms with Gasteiger partial charge in [0, 0.05) is 6.42 Å². The Bertz CT molecular complexity index is 640. The van der Waals surface area contributed by atoms with E-state index >= 15 is 0 Å². The van der Waals surface area contributed by atoms with Gasteiger partial charge in [-0.05, 0) is 25.1 Å². The quantitative estimate of drug-likeness (QED) is 0.614. The van der Waals surface area contributed by atoms with Gasteiger partial charge in [-0.25, -0.2) is 18.4 Å². The Morgan fingerprint density at radius 1 is 1.47 bits per heavy atom. The number of sulfonamides is 1. The molecule has 0 radical (unpaired) electrons. The Balaban J connectivity index is 3.09. The van der Waals surface area contributed by atoms with E-state index in [0.29, 0.717) is 6.42 Å². The van der Waals surface area contributed by atoms with Crippen LogP contribution in [0, 0.1) is 11.8 Å². The number of carbonyl (C=O) groups is 1. The molecular formula is C12H13NO5S. The van der Waals surface area contributed by atoms with Crippen LogP contribution in [0.4, 0.5) is 0 Å². The summed E-state index contributed by atoms with van der Waals surface area (Å²) < 4.78 is 28.0. The van der Waals surface area contributed by atoms with Crippen molar-refractivity contribution >= 4 is 16.0 Å². The molecule has 0 bridgehead atoms. The fourth-order valence-electron chi connectivity index (χ4n) is 1.32. The molecule has 0 aliphatic heterocycles. The molecule has 19 heavy (non-hydrogen) atoms. The third-order valence-corrected chi connectivity index (χ3v) is 3.09. The Hall–Kier alpha value is -2.04. The molecule has 0 unspecified atom stereocenters. The molecule has 0 amide bonds. The highest BCUT2D eigenvalue weighted by Crippen LogP contribution is 2.24. The van der Waals surface area contributed by atoms with Gasteiger partial charge in [0.05, 0.1) is 12.2 Å². The largest absolute Gasteiger partial charge is 0.491 e. The molecule has 0 aliphatic rings. The van der Waals surface area contributed by atoms with Gasteiger partial charge < -0.3 is 9.84 Å². The lowest BCUT2D eigenvalue weighted by Crippen LogP contribution is -2.15. The number of aromatic carboxylic acids is 1. The van der Waals surface area contributed by atoms with Gasteiger partial charge in [0.2, 0.25) is 10.0 Å². The molecule has 1 rings (SSSR count). The number of ether oxygens (including phenoxy) is 1. The minimum absolute atomic E-state index is 0.0189. The highest BCUT2D eigenvalue weighted by Gasteiger charge is 2.18. The van der Waals surface area contributed by atoms with Crippen LogP contribution in [0.2, 0.25) is 0 Å². The SMILES string of the molecule is CC#CCCOc1ccc(C(=O)O)cc1S(N)(=O)=O. The average Bonchev–Trinajstić information content (AvgIpc) is 2.33. The fourth-order valence-corrected chi connectivity index (χ4v) is 2.02. The van der Waals surface area contributed by atoms with E-state index in [-0.39, 0.29) is 22.8 Å². The van der Waals surface area contributed by atoms with Crippen LogP contribution in [-0.2, 0) is 10.0 Å². The second-order valence-electron chi connectivity index (χ2n) is 3.54. The van der Waals surface area contributed by atoms with Crippen molar-refractivity contribution in [3.63, 3.8) is 0 Å². The van der Waals surface area contributed by atoms with Crippen molar-refractivity contribution in [1.29, 1.82) is 0 Å². The van der Waals surface area contributed by atoms with Crippen molar-refractivity contribution in [3.8, 4) is 17.6 Å². The number of primary sulfonamides is 1. The summed E-state index contributed by atoms with van der Waals surface area (Å²) in [6, 6.07) is 3.49. The number of hydrogen-bond acceptors (Lipinski definition) is 4. The van der Waals surface area contributed by atoms with Crippen molar-refractivity contribution in [2.24, 2.45) is 5.14 Å². The van der Waals surface area contributed by atoms with Gasteiger partial charge in [0.1, 0.15) is 10.6 Å². The van der Waals surface area contributed by atoms with Gasteiger partial charge in [-0.1, -0.05) is 0 Å². The zero-order valence-electron chi connectivity index (χ0n) is 10.2. The van der Waals surface area contributed by atoms with Gasteiger partial charge in [-0.15, -0.1) is 11.8 Å². The summed E-state index contributed by atoms with van der Waals surface area (Å²) in [7, 11) is -4.06. The summed E-state index contributed by atoms with van der Waals surface area (Å²) in [6.07, 6.45) is 0.432. The molecular weight excluding hydrogens is 270 g/mol. The molecule has 1 aromatic carbocycles. The Kier molecular flexibility index (Phi) is 4.92. The van der Waals surface area contributed by atoms with Gasteiger partial charge >= 0.3 is 5.97 Å². The van der Waals surface area contributed by atoms with E-state index in [0.717, 1.165) is 6.07 Å². The van der Waals surface area contributed by atoms with Crippen molar-refractivity contribution < 1.29 is 23.1 Å². The van der Waals surface area contributed by atoms with E-state index in [9.17, 15) is 13.2 Å². The summed E-state index contributed by atoms with van der Waals surface area (Å²) in [6.45, 7) is 1.87. The molecule has 0 heterocycles. The lowest BCUT2D eigenvalue weighted by atomic mass is 10.2. The molecule has 0 atom stereocenters. The van der Waals surface area contributed by atoms with Gasteiger partial charge in [-0.3, -0.25) is 0 Å². The summed E-state index contributed by atoms with van der Waals surface area (Å²) >= 11 is 0. The summed E-state index contributed by atoms with van der Waals surface area (Å²) in [5.41, 5.74) is -0.176. The molecule has 0 spiro atoms. The fraction of sp³-hybridized carbons (Fsp3) is 0.250. The number of rotatable bonds is 5. The number of benzene rings is 1. The smallest absolute Gasteiger partial charge is 0.335 e. The number of nitrogens with two attached hydrogens (primary N) is 1. The van der Waals surface area contributed by atoms with Gasteiger partial charge in [0.15, 0.2) is 0 Å². The van der Waals surface area contributed by atoms with Crippen LogP contribution >= 0.6 is 0 Å². The minimum Gasteiger partial charge on any atom is -0.491 e. The summed E-state index contributed by atoms with van der Waals surface area (Å²) in [5, 5.41) is 13.8. The second kappa shape index (κ2) is 6.22. The van der Waals surface area contributed by atoms with Crippen molar-refractivity contribution in [3.05, 3.63) is 23.8 Å². The molecule has 0 aliphatic carbocycles. The standard InChI is InChI=1S/C12H13NO5S/c1-2-3-4-7-18-10-6-5-9(12(14)15)8-11(10)19(13,16)17/h5-6,8H,4,7H2,1H3,(H,14,15)(H2,13,16,17). The van der Waals surface area contributed by atoms with E-state index in [2.05, 4.69) is 11.8 Å². The Labute approximate surface area is 111 Å². The first-order valence-electron chi connectivity index (χ1n) is 5.29. The molecule has 0 aromatic heterocycles. The maximum absolute atomic E-state index is 11.4. The molecule has 3 N–H and O–H groups in total. The zero-order chi connectivity index (χ0) is 14.5. The number of carboxylic acids is 1. The Morgan fingerprint density at radius 3 is 2.68 bits per heavy atom. The number of hydrogen-bond donors (Lipinski definition) is 2. The summed E-state index contributed by atoms with van der Waals surface area (Å²) in [4.78, 5) is 10.4. The van der Waals surface area contributed by atoms with E-state index in [4.69, 9.17) is 15.0 Å². The van der Waals surface area contributed by atoms with Crippen LogP contribution in [-0.4, -0.2) is 26.1 Å². The van der Waals surface area contributed by atoms with Gasteiger partial charge in [-0.2, -0.15) is 0 Å². The number of carboxylic acid groups (broad SMARTS) is 1. The van der Waals surface area contributed by atoms with Crippen LogP contribution < -0.4 is 9.88 Å². The maximum atomic E-state index is 11.4. The lowest BCUT2D eigenvalue weighted by molar-refractivity contribution is 0.0696. The molecule has 0 saturated carbocycles. The normalized spacial score (nSPS) is 10.4. The maximum Gasteiger partial charge on any atom is 0.335 e. The first-order valence-corrected chi connectivity index (χ1v) is 6.83. The van der Waals surface area contributed by atoms with Crippen molar-refractivity contribution in [2.45, 2.75) is 18.2 Å². The second-order valence-corrected chi connectivity index (χ2v) is 5.07. The first-order chi connectivity index (χ1) is 8.86.